The molecule has 166 valence electrons. The van der Waals surface area contributed by atoms with Gasteiger partial charge in [-0.05, 0) is 66.1 Å². The first-order valence-corrected chi connectivity index (χ1v) is 11.8. The summed E-state index contributed by atoms with van der Waals surface area (Å²) >= 11 is 0. The highest BCUT2D eigenvalue weighted by Crippen LogP contribution is 2.40. The molecule has 0 amide bonds. The fourth-order valence-corrected chi connectivity index (χ4v) is 5.38. The summed E-state index contributed by atoms with van der Waals surface area (Å²) in [6, 6.07) is 10.9. The second kappa shape index (κ2) is 9.84. The number of rotatable bonds is 8. The van der Waals surface area contributed by atoms with E-state index in [9.17, 15) is 9.18 Å². The van der Waals surface area contributed by atoms with Crippen LogP contribution in [0.4, 0.5) is 4.39 Å². The molecule has 0 saturated heterocycles. The van der Waals surface area contributed by atoms with Crippen molar-refractivity contribution in [3.63, 3.8) is 0 Å². The maximum absolute atomic E-state index is 13.9. The Bertz CT molecular complexity index is 921. The predicted octanol–water partition coefficient (Wildman–Crippen LogP) is 6.81. The van der Waals surface area contributed by atoms with Gasteiger partial charge in [0.1, 0.15) is 11.6 Å². The first-order chi connectivity index (χ1) is 15.1. The van der Waals surface area contributed by atoms with Crippen molar-refractivity contribution < 1.29 is 18.7 Å². The Morgan fingerprint density at radius 3 is 2.74 bits per heavy atom. The highest BCUT2D eigenvalue weighted by atomic mass is 19.1. The highest BCUT2D eigenvalue weighted by Gasteiger charge is 2.30. The van der Waals surface area contributed by atoms with Gasteiger partial charge in [0, 0.05) is 18.3 Å². The van der Waals surface area contributed by atoms with Gasteiger partial charge in [-0.2, -0.15) is 0 Å². The van der Waals surface area contributed by atoms with Crippen molar-refractivity contribution >= 4 is 5.78 Å². The van der Waals surface area contributed by atoms with E-state index in [1.54, 1.807) is 6.07 Å². The van der Waals surface area contributed by atoms with E-state index in [-0.39, 0.29) is 24.4 Å². The Morgan fingerprint density at radius 1 is 1.10 bits per heavy atom. The van der Waals surface area contributed by atoms with E-state index < -0.39 is 0 Å². The van der Waals surface area contributed by atoms with E-state index in [1.807, 2.05) is 31.2 Å². The van der Waals surface area contributed by atoms with Crippen molar-refractivity contribution in [2.75, 3.05) is 6.79 Å². The number of ether oxygens (including phenoxy) is 2. The molecule has 1 aliphatic carbocycles. The summed E-state index contributed by atoms with van der Waals surface area (Å²) in [6.45, 7) is 4.48. The Balaban J connectivity index is 1.64. The quantitative estimate of drug-likeness (QED) is 0.467. The van der Waals surface area contributed by atoms with Crippen LogP contribution in [0.3, 0.4) is 0 Å². The Morgan fingerprint density at radius 2 is 1.94 bits per heavy atom. The standard InChI is InChI=1S/C27H33FO3/c1-3-6-18-7-5-8-21(13-18)25(29)16-24(23-11-10-22(28)14-19(23)4-2)20-9-12-26-27(15-20)31-17-30-26/h9-12,14-15,18,21,24H,3-8,13,16-17H2,1-2H3. The smallest absolute Gasteiger partial charge is 0.231 e. The maximum Gasteiger partial charge on any atom is 0.231 e. The number of hydrogen-bond donors (Lipinski definition) is 0. The van der Waals surface area contributed by atoms with Gasteiger partial charge in [-0.1, -0.05) is 51.7 Å². The molecule has 0 N–H and O–H groups in total. The van der Waals surface area contributed by atoms with Crippen LogP contribution in [-0.4, -0.2) is 12.6 Å². The van der Waals surface area contributed by atoms with Gasteiger partial charge in [0.15, 0.2) is 11.5 Å². The zero-order valence-electron chi connectivity index (χ0n) is 18.7. The lowest BCUT2D eigenvalue weighted by Crippen LogP contribution is -2.25. The molecule has 1 aliphatic heterocycles. The summed E-state index contributed by atoms with van der Waals surface area (Å²) in [6.07, 6.45) is 7.98. The third-order valence-electron chi connectivity index (χ3n) is 7.00. The molecular weight excluding hydrogens is 391 g/mol. The molecule has 4 rings (SSSR count). The number of Topliss-reactive ketones (excluding diaryl/α,β-unsaturated/α-hetero) is 1. The van der Waals surface area contributed by atoms with Gasteiger partial charge in [0.2, 0.25) is 6.79 Å². The monoisotopic (exact) mass is 424 g/mol. The Kier molecular flexibility index (Phi) is 6.94. The minimum absolute atomic E-state index is 0.107. The zero-order valence-corrected chi connectivity index (χ0v) is 18.7. The van der Waals surface area contributed by atoms with Gasteiger partial charge in [-0.15, -0.1) is 0 Å². The predicted molar refractivity (Wildman–Crippen MR) is 120 cm³/mol. The summed E-state index contributed by atoms with van der Waals surface area (Å²) in [4.78, 5) is 13.5. The minimum Gasteiger partial charge on any atom is -0.454 e. The third-order valence-corrected chi connectivity index (χ3v) is 7.00. The number of aryl methyl sites for hydroxylation is 1. The molecule has 2 aromatic carbocycles. The summed E-state index contributed by atoms with van der Waals surface area (Å²) in [5, 5.41) is 0. The van der Waals surface area contributed by atoms with E-state index in [0.717, 1.165) is 53.9 Å². The average molecular weight is 425 g/mol. The van der Waals surface area contributed by atoms with Crippen LogP contribution >= 0.6 is 0 Å². The molecule has 0 radical (unpaired) electrons. The first-order valence-electron chi connectivity index (χ1n) is 11.8. The van der Waals surface area contributed by atoms with Crippen molar-refractivity contribution in [3.8, 4) is 11.5 Å². The van der Waals surface area contributed by atoms with Crippen LogP contribution in [0.15, 0.2) is 36.4 Å². The topological polar surface area (TPSA) is 35.5 Å². The Labute approximate surface area is 185 Å². The summed E-state index contributed by atoms with van der Waals surface area (Å²) in [5.74, 6) is 2.28. The van der Waals surface area contributed by atoms with E-state index >= 15 is 0 Å². The lowest BCUT2D eigenvalue weighted by molar-refractivity contribution is -0.124. The van der Waals surface area contributed by atoms with Crippen LogP contribution in [-0.2, 0) is 11.2 Å². The second-order valence-electron chi connectivity index (χ2n) is 9.05. The van der Waals surface area contributed by atoms with Crippen LogP contribution in [0.2, 0.25) is 0 Å². The summed E-state index contributed by atoms with van der Waals surface area (Å²) in [5.41, 5.74) is 3.03. The molecule has 1 saturated carbocycles. The van der Waals surface area contributed by atoms with Crippen molar-refractivity contribution in [1.82, 2.24) is 0 Å². The molecule has 0 aromatic heterocycles. The second-order valence-corrected chi connectivity index (χ2v) is 9.05. The van der Waals surface area contributed by atoms with E-state index in [2.05, 4.69) is 6.92 Å². The number of carbonyl (C=O) groups excluding carboxylic acids is 1. The van der Waals surface area contributed by atoms with Crippen molar-refractivity contribution in [2.24, 2.45) is 11.8 Å². The molecule has 0 spiro atoms. The lowest BCUT2D eigenvalue weighted by Gasteiger charge is -2.30. The van der Waals surface area contributed by atoms with Gasteiger partial charge < -0.3 is 9.47 Å². The average Bonchev–Trinajstić information content (AvgIpc) is 3.26. The van der Waals surface area contributed by atoms with E-state index in [4.69, 9.17) is 9.47 Å². The molecule has 1 fully saturated rings. The van der Waals surface area contributed by atoms with Crippen molar-refractivity contribution in [1.29, 1.82) is 0 Å². The van der Waals surface area contributed by atoms with Gasteiger partial charge in [-0.25, -0.2) is 4.39 Å². The molecule has 3 unspecified atom stereocenters. The molecule has 3 atom stereocenters. The van der Waals surface area contributed by atoms with Crippen LogP contribution in [0.25, 0.3) is 0 Å². The van der Waals surface area contributed by atoms with Gasteiger partial charge in [0.25, 0.3) is 0 Å². The van der Waals surface area contributed by atoms with E-state index in [0.29, 0.717) is 18.1 Å². The fraction of sp³-hybridized carbons (Fsp3) is 0.519. The SMILES string of the molecule is CCCC1CCCC(C(=O)CC(c2ccc3c(c2)OCO3)c2ccc(F)cc2CC)C1. The van der Waals surface area contributed by atoms with Crippen molar-refractivity contribution in [2.45, 2.75) is 71.1 Å². The Hall–Kier alpha value is -2.36. The largest absolute Gasteiger partial charge is 0.454 e. The summed E-state index contributed by atoms with van der Waals surface area (Å²) < 4.78 is 25.0. The maximum atomic E-state index is 13.9. The summed E-state index contributed by atoms with van der Waals surface area (Å²) in [7, 11) is 0. The molecule has 2 aromatic rings. The molecule has 2 aliphatic rings. The number of fused-ring (bicyclic) bond motifs is 1. The number of hydrogen-bond acceptors (Lipinski definition) is 3. The highest BCUT2D eigenvalue weighted by molar-refractivity contribution is 5.82. The molecule has 0 bridgehead atoms. The molecular formula is C27H33FO3. The zero-order chi connectivity index (χ0) is 21.8. The molecule has 31 heavy (non-hydrogen) atoms. The fourth-order valence-electron chi connectivity index (χ4n) is 5.38. The van der Waals surface area contributed by atoms with Crippen LogP contribution in [0, 0.1) is 17.7 Å². The minimum atomic E-state index is -0.231. The number of halogens is 1. The third kappa shape index (κ3) is 4.94. The van der Waals surface area contributed by atoms with Gasteiger partial charge in [0.05, 0.1) is 0 Å². The number of ketones is 1. The normalized spacial score (nSPS) is 21.1. The van der Waals surface area contributed by atoms with Crippen LogP contribution in [0.5, 0.6) is 11.5 Å². The molecule has 3 nitrogen and oxygen atoms in total. The van der Waals surface area contributed by atoms with Crippen LogP contribution < -0.4 is 9.47 Å². The molecule has 4 heteroatoms. The van der Waals surface area contributed by atoms with Gasteiger partial charge >= 0.3 is 0 Å². The first kappa shape index (κ1) is 21.9. The lowest BCUT2D eigenvalue weighted by atomic mass is 9.74. The molecule has 1 heterocycles. The van der Waals surface area contributed by atoms with Gasteiger partial charge in [-0.3, -0.25) is 4.79 Å². The van der Waals surface area contributed by atoms with Crippen LogP contribution in [0.1, 0.15) is 81.4 Å². The number of benzene rings is 2. The van der Waals surface area contributed by atoms with E-state index in [1.165, 1.54) is 25.3 Å². The number of carbonyl (C=O) groups is 1. The van der Waals surface area contributed by atoms with Crippen molar-refractivity contribution in [3.05, 3.63) is 58.9 Å².